The molecule has 3 rings (SSSR count). The van der Waals surface area contributed by atoms with Gasteiger partial charge in [-0.1, -0.05) is 39.0 Å². The van der Waals surface area contributed by atoms with Crippen LogP contribution in [0.25, 0.3) is 0 Å². The third kappa shape index (κ3) is 8.22. The number of nitrogens with one attached hydrogen (secondary N) is 1. The number of nitrogens with zero attached hydrogens (tertiary/aromatic N) is 1. The van der Waals surface area contributed by atoms with Crippen molar-refractivity contribution in [3.05, 3.63) is 53.6 Å². The number of benzene rings is 2. The minimum Gasteiger partial charge on any atom is -0.493 e. The van der Waals surface area contributed by atoms with E-state index in [-0.39, 0.29) is 0 Å². The van der Waals surface area contributed by atoms with Crippen LogP contribution in [-0.4, -0.2) is 62.5 Å². The van der Waals surface area contributed by atoms with Crippen molar-refractivity contribution in [3.63, 3.8) is 0 Å². The fraction of sp³-hybridized carbons (Fsp3) is 0.531. The van der Waals surface area contributed by atoms with Gasteiger partial charge in [0.2, 0.25) is 5.78 Å². The second-order valence-corrected chi connectivity index (χ2v) is 11.1. The van der Waals surface area contributed by atoms with Gasteiger partial charge in [-0.3, -0.25) is 9.59 Å². The molecule has 2 aromatic carbocycles. The van der Waals surface area contributed by atoms with Crippen LogP contribution in [-0.2, 0) is 25.5 Å². The third-order valence-electron chi connectivity index (χ3n) is 7.86. The van der Waals surface area contributed by atoms with Crippen LogP contribution in [0.1, 0.15) is 70.1 Å². The molecule has 0 bridgehead atoms. The van der Waals surface area contributed by atoms with E-state index in [0.29, 0.717) is 56.8 Å². The van der Waals surface area contributed by atoms with Gasteiger partial charge in [0.25, 0.3) is 5.91 Å². The topological polar surface area (TPSA) is 120 Å². The van der Waals surface area contributed by atoms with Gasteiger partial charge in [-0.2, -0.15) is 0 Å². The number of amides is 1. The molecule has 1 heterocycles. The van der Waals surface area contributed by atoms with Gasteiger partial charge in [-0.05, 0) is 73.9 Å². The van der Waals surface area contributed by atoms with Crippen LogP contribution < -0.4 is 20.5 Å². The first-order valence-electron chi connectivity index (χ1n) is 14.5. The van der Waals surface area contributed by atoms with Crippen molar-refractivity contribution >= 4 is 23.3 Å². The number of carbonyl (C=O) groups excluding carboxylic acids is 3. The Balaban J connectivity index is 1.85. The molecule has 0 radical (unpaired) electrons. The Hall–Kier alpha value is -3.59. The van der Waals surface area contributed by atoms with E-state index in [0.717, 1.165) is 29.7 Å². The number of methoxy groups -OCH3 is 2. The zero-order valence-electron chi connectivity index (χ0n) is 25.0. The number of esters is 1. The van der Waals surface area contributed by atoms with E-state index in [4.69, 9.17) is 19.9 Å². The minimum absolute atomic E-state index is 0.360. The maximum absolute atomic E-state index is 13.7. The van der Waals surface area contributed by atoms with E-state index in [1.807, 2.05) is 49.4 Å². The molecule has 0 unspecified atom stereocenters. The van der Waals surface area contributed by atoms with E-state index in [9.17, 15) is 14.4 Å². The first-order valence-corrected chi connectivity index (χ1v) is 14.5. The van der Waals surface area contributed by atoms with E-state index in [2.05, 4.69) is 5.32 Å². The maximum Gasteiger partial charge on any atom is 0.329 e. The number of aryl methyl sites for hydroxylation is 1. The summed E-state index contributed by atoms with van der Waals surface area (Å²) in [4.78, 5) is 41.4. The summed E-state index contributed by atoms with van der Waals surface area (Å²) in [6, 6.07) is 12.7. The average molecular weight is 568 g/mol. The second-order valence-electron chi connectivity index (χ2n) is 11.1. The van der Waals surface area contributed by atoms with Crippen molar-refractivity contribution in [2.24, 2.45) is 11.1 Å². The molecule has 9 heteroatoms. The van der Waals surface area contributed by atoms with E-state index >= 15 is 0 Å². The molecule has 1 fully saturated rings. The van der Waals surface area contributed by atoms with Crippen LogP contribution in [0.5, 0.6) is 11.5 Å². The molecule has 1 aliphatic rings. The number of hydrogen-bond donors (Lipinski definition) is 2. The number of nitrogens with two attached hydrogens (primary N) is 1. The highest BCUT2D eigenvalue weighted by Crippen LogP contribution is 2.32. The standard InChI is InChI=1S/C32H45N3O6/c1-6-32(2,3)29(36)30(37)35-19-8-7-12-25(35)31(38)41-26(23-10-9-11-24(21-23)34-18-17-33)15-13-22-14-16-27(39-4)28(20-22)40-5/h9-11,14,16,20-21,25-26,34H,6-8,12-13,15,17-19,33H2,1-5H3/t25-,26+/m0/s1. The van der Waals surface area contributed by atoms with Crippen molar-refractivity contribution in [1.82, 2.24) is 4.90 Å². The van der Waals surface area contributed by atoms with Gasteiger partial charge in [-0.15, -0.1) is 0 Å². The molecule has 2 atom stereocenters. The lowest BCUT2D eigenvalue weighted by molar-refractivity contribution is -0.164. The van der Waals surface area contributed by atoms with Crippen LogP contribution in [0, 0.1) is 5.41 Å². The number of Topliss-reactive ketones (excluding diaryl/α,β-unsaturated/α-hetero) is 1. The number of rotatable bonds is 14. The molecule has 0 aliphatic carbocycles. The van der Waals surface area contributed by atoms with Gasteiger partial charge >= 0.3 is 5.97 Å². The summed E-state index contributed by atoms with van der Waals surface area (Å²) in [5.41, 5.74) is 7.59. The van der Waals surface area contributed by atoms with Gasteiger partial charge in [0.05, 0.1) is 14.2 Å². The zero-order chi connectivity index (χ0) is 30.0. The van der Waals surface area contributed by atoms with Gasteiger partial charge < -0.3 is 30.2 Å². The highest BCUT2D eigenvalue weighted by Gasteiger charge is 2.41. The number of piperidine rings is 1. The van der Waals surface area contributed by atoms with E-state index in [1.165, 1.54) is 4.90 Å². The predicted octanol–water partition coefficient (Wildman–Crippen LogP) is 4.68. The van der Waals surface area contributed by atoms with Gasteiger partial charge in [0.1, 0.15) is 12.1 Å². The van der Waals surface area contributed by atoms with Crippen LogP contribution in [0.3, 0.4) is 0 Å². The Morgan fingerprint density at radius 1 is 1.07 bits per heavy atom. The molecule has 9 nitrogen and oxygen atoms in total. The molecule has 2 aromatic rings. The van der Waals surface area contributed by atoms with Crippen LogP contribution in [0.15, 0.2) is 42.5 Å². The second kappa shape index (κ2) is 14.9. The summed E-state index contributed by atoms with van der Waals surface area (Å²) < 4.78 is 17.0. The molecular weight excluding hydrogens is 522 g/mol. The summed E-state index contributed by atoms with van der Waals surface area (Å²) in [5.74, 6) is -0.294. The van der Waals surface area contributed by atoms with Crippen LogP contribution in [0.4, 0.5) is 5.69 Å². The maximum atomic E-state index is 13.7. The molecular formula is C32H45N3O6. The van der Waals surface area contributed by atoms with Gasteiger partial charge in [0, 0.05) is 30.7 Å². The Kier molecular flexibility index (Phi) is 11.6. The van der Waals surface area contributed by atoms with E-state index in [1.54, 1.807) is 28.1 Å². The Labute approximate surface area is 243 Å². The number of ketones is 1. The summed E-state index contributed by atoms with van der Waals surface area (Å²) in [7, 11) is 3.18. The number of likely N-dealkylation sites (tertiary alicyclic amines) is 1. The zero-order valence-corrected chi connectivity index (χ0v) is 25.0. The monoisotopic (exact) mass is 567 g/mol. The summed E-state index contributed by atoms with van der Waals surface area (Å²) in [6.07, 6.45) is 3.06. The lowest BCUT2D eigenvalue weighted by atomic mass is 9.84. The number of carbonyl (C=O) groups is 3. The van der Waals surface area contributed by atoms with Crippen molar-refractivity contribution in [3.8, 4) is 11.5 Å². The van der Waals surface area contributed by atoms with E-state index < -0.39 is 35.2 Å². The normalized spacial score (nSPS) is 16.0. The molecule has 41 heavy (non-hydrogen) atoms. The minimum atomic E-state index is -0.796. The Bertz CT molecular complexity index is 1200. The van der Waals surface area contributed by atoms with Crippen molar-refractivity contribution < 1.29 is 28.6 Å². The summed E-state index contributed by atoms with van der Waals surface area (Å²) in [5, 5.41) is 3.28. The molecule has 1 aliphatic heterocycles. The Morgan fingerprint density at radius 2 is 1.83 bits per heavy atom. The van der Waals surface area contributed by atoms with Crippen molar-refractivity contribution in [2.45, 2.75) is 71.4 Å². The molecule has 0 saturated carbocycles. The number of hydrogen-bond acceptors (Lipinski definition) is 8. The average Bonchev–Trinajstić information content (AvgIpc) is 3.00. The van der Waals surface area contributed by atoms with Gasteiger partial charge in [0.15, 0.2) is 11.5 Å². The molecule has 3 N–H and O–H groups in total. The molecule has 0 aromatic heterocycles. The number of anilines is 1. The lowest BCUT2D eigenvalue weighted by Gasteiger charge is -2.36. The molecule has 224 valence electrons. The summed E-state index contributed by atoms with van der Waals surface area (Å²) >= 11 is 0. The first kappa shape index (κ1) is 31.9. The third-order valence-corrected chi connectivity index (χ3v) is 7.86. The molecule has 0 spiro atoms. The largest absolute Gasteiger partial charge is 0.493 e. The smallest absolute Gasteiger partial charge is 0.329 e. The van der Waals surface area contributed by atoms with Gasteiger partial charge in [-0.25, -0.2) is 4.79 Å². The predicted molar refractivity (Wildman–Crippen MR) is 159 cm³/mol. The molecule has 1 saturated heterocycles. The summed E-state index contributed by atoms with van der Waals surface area (Å²) in [6.45, 7) is 6.87. The van der Waals surface area contributed by atoms with Crippen LogP contribution in [0.2, 0.25) is 0 Å². The first-order chi connectivity index (χ1) is 19.6. The van der Waals surface area contributed by atoms with Crippen LogP contribution >= 0.6 is 0 Å². The Morgan fingerprint density at radius 3 is 2.51 bits per heavy atom. The van der Waals surface area contributed by atoms with Crippen molar-refractivity contribution in [2.75, 3.05) is 39.2 Å². The lowest BCUT2D eigenvalue weighted by Crippen LogP contribution is -2.53. The SMILES string of the molecule is CCC(C)(C)C(=O)C(=O)N1CCCC[C@H]1C(=O)O[C@H](CCc1ccc(OC)c(OC)c1)c1cccc(NCCN)c1. The quantitative estimate of drug-likeness (QED) is 0.250. The highest BCUT2D eigenvalue weighted by molar-refractivity contribution is 6.38. The fourth-order valence-corrected chi connectivity index (χ4v) is 4.91. The highest BCUT2D eigenvalue weighted by atomic mass is 16.5. The molecule has 1 amide bonds. The fourth-order valence-electron chi connectivity index (χ4n) is 4.91. The number of ether oxygens (including phenoxy) is 3. The van der Waals surface area contributed by atoms with Crippen molar-refractivity contribution in [1.29, 1.82) is 0 Å².